The number of benzene rings is 1. The summed E-state index contributed by atoms with van der Waals surface area (Å²) in [6.45, 7) is 4.74. The molecule has 23 heavy (non-hydrogen) atoms. The highest BCUT2D eigenvalue weighted by atomic mass is 16.4. The molecule has 0 fully saturated rings. The van der Waals surface area contributed by atoms with E-state index in [0.29, 0.717) is 25.3 Å². The van der Waals surface area contributed by atoms with Gasteiger partial charge in [0.25, 0.3) is 0 Å². The molecule has 1 aromatic heterocycles. The molecule has 1 heterocycles. The second-order valence-corrected chi connectivity index (χ2v) is 6.29. The Bertz CT molecular complexity index is 676. The molecule has 2 aromatic rings. The number of rotatable bonds is 8. The van der Waals surface area contributed by atoms with Crippen molar-refractivity contribution in [3.8, 4) is 0 Å². The molecule has 0 saturated carbocycles. The Balaban J connectivity index is 1.84. The van der Waals surface area contributed by atoms with Crippen LogP contribution in [0.5, 0.6) is 0 Å². The Morgan fingerprint density at radius 3 is 2.65 bits per heavy atom. The average molecular weight is 316 g/mol. The van der Waals surface area contributed by atoms with E-state index in [1.807, 2.05) is 54.9 Å². The summed E-state index contributed by atoms with van der Waals surface area (Å²) in [6.07, 6.45) is 2.88. The van der Waals surface area contributed by atoms with E-state index < -0.39 is 11.9 Å². The zero-order valence-electron chi connectivity index (χ0n) is 13.7. The maximum absolute atomic E-state index is 12.0. The third-order valence-electron chi connectivity index (χ3n) is 3.91. The first-order chi connectivity index (χ1) is 11.0. The lowest BCUT2D eigenvalue weighted by Gasteiger charge is -2.15. The van der Waals surface area contributed by atoms with Crippen molar-refractivity contribution in [2.45, 2.75) is 33.2 Å². The number of carbonyl (C=O) groups excluding carboxylic acids is 1. The van der Waals surface area contributed by atoms with Gasteiger partial charge in [-0.05, 0) is 29.9 Å². The number of amides is 1. The van der Waals surface area contributed by atoms with E-state index in [2.05, 4.69) is 5.32 Å². The van der Waals surface area contributed by atoms with Crippen LogP contribution in [0, 0.1) is 11.8 Å². The number of carbonyl (C=O) groups is 2. The molecule has 0 bridgehead atoms. The van der Waals surface area contributed by atoms with Crippen LogP contribution in [0.15, 0.2) is 36.5 Å². The van der Waals surface area contributed by atoms with Crippen molar-refractivity contribution in [2.75, 3.05) is 6.54 Å². The Morgan fingerprint density at radius 1 is 1.22 bits per heavy atom. The van der Waals surface area contributed by atoms with Gasteiger partial charge in [0.05, 0.1) is 5.92 Å². The molecular formula is C18H24N2O3. The first-order valence-corrected chi connectivity index (χ1v) is 8.00. The number of nitrogens with one attached hydrogen (secondary N) is 1. The number of carboxylic acid groups (broad SMARTS) is 1. The summed E-state index contributed by atoms with van der Waals surface area (Å²) in [5.74, 6) is -1.20. The molecule has 0 spiro atoms. The lowest BCUT2D eigenvalue weighted by Crippen LogP contribution is -2.34. The van der Waals surface area contributed by atoms with E-state index in [9.17, 15) is 14.7 Å². The fourth-order valence-corrected chi connectivity index (χ4v) is 2.72. The van der Waals surface area contributed by atoms with Gasteiger partial charge in [-0.25, -0.2) is 0 Å². The highest BCUT2D eigenvalue weighted by molar-refractivity contribution is 5.81. The molecular weight excluding hydrogens is 292 g/mol. The molecule has 0 saturated heterocycles. The van der Waals surface area contributed by atoms with Crippen LogP contribution in [-0.4, -0.2) is 28.1 Å². The third-order valence-corrected chi connectivity index (χ3v) is 3.91. The number of carboxylic acids is 1. The van der Waals surface area contributed by atoms with Crippen LogP contribution < -0.4 is 5.32 Å². The SMILES string of the molecule is CC(C)CC(CNC(=O)CCn1ccc2ccccc21)C(=O)O. The van der Waals surface area contributed by atoms with Gasteiger partial charge in [-0.15, -0.1) is 0 Å². The van der Waals surface area contributed by atoms with E-state index in [1.54, 1.807) is 0 Å². The number of para-hydroxylation sites is 1. The van der Waals surface area contributed by atoms with E-state index in [1.165, 1.54) is 0 Å². The number of aryl methyl sites for hydroxylation is 1. The standard InChI is InChI=1S/C18H24N2O3/c1-13(2)11-15(18(22)23)12-19-17(21)8-10-20-9-7-14-5-3-4-6-16(14)20/h3-7,9,13,15H,8,10-12H2,1-2H3,(H,19,21)(H,22,23). The summed E-state index contributed by atoms with van der Waals surface area (Å²) in [4.78, 5) is 23.2. The van der Waals surface area contributed by atoms with Crippen LogP contribution >= 0.6 is 0 Å². The second kappa shape index (κ2) is 7.81. The molecule has 5 heteroatoms. The van der Waals surface area contributed by atoms with Crippen molar-refractivity contribution in [3.63, 3.8) is 0 Å². The normalized spacial score (nSPS) is 12.5. The van der Waals surface area contributed by atoms with Gasteiger partial charge in [-0.3, -0.25) is 9.59 Å². The summed E-state index contributed by atoms with van der Waals surface area (Å²) in [5.41, 5.74) is 1.10. The van der Waals surface area contributed by atoms with Gasteiger partial charge in [-0.1, -0.05) is 32.0 Å². The van der Waals surface area contributed by atoms with Gasteiger partial charge in [0.2, 0.25) is 5.91 Å². The summed E-state index contributed by atoms with van der Waals surface area (Å²) in [5, 5.41) is 13.1. The summed E-state index contributed by atoms with van der Waals surface area (Å²) in [7, 11) is 0. The van der Waals surface area contributed by atoms with Crippen LogP contribution in [0.25, 0.3) is 10.9 Å². The minimum absolute atomic E-state index is 0.113. The monoisotopic (exact) mass is 316 g/mol. The maximum Gasteiger partial charge on any atom is 0.308 e. The van der Waals surface area contributed by atoms with Crippen molar-refractivity contribution in [2.24, 2.45) is 11.8 Å². The zero-order valence-corrected chi connectivity index (χ0v) is 13.7. The quantitative estimate of drug-likeness (QED) is 0.786. The van der Waals surface area contributed by atoms with Gasteiger partial charge < -0.3 is 15.0 Å². The molecule has 2 N–H and O–H groups in total. The first kappa shape index (κ1) is 17.1. The van der Waals surface area contributed by atoms with Crippen LogP contribution in [0.3, 0.4) is 0 Å². The van der Waals surface area contributed by atoms with Crippen molar-refractivity contribution in [3.05, 3.63) is 36.5 Å². The van der Waals surface area contributed by atoms with Crippen molar-refractivity contribution < 1.29 is 14.7 Å². The average Bonchev–Trinajstić information content (AvgIpc) is 2.92. The zero-order chi connectivity index (χ0) is 16.8. The Labute approximate surface area is 136 Å². The van der Waals surface area contributed by atoms with Gasteiger partial charge in [0, 0.05) is 31.2 Å². The first-order valence-electron chi connectivity index (χ1n) is 8.00. The predicted molar refractivity (Wildman–Crippen MR) is 90.1 cm³/mol. The number of fused-ring (bicyclic) bond motifs is 1. The van der Waals surface area contributed by atoms with Crippen LogP contribution in [0.1, 0.15) is 26.7 Å². The number of aliphatic carboxylic acids is 1. The Hall–Kier alpha value is -2.30. The van der Waals surface area contributed by atoms with Crippen molar-refractivity contribution in [1.29, 1.82) is 0 Å². The summed E-state index contributed by atoms with van der Waals surface area (Å²) >= 11 is 0. The van der Waals surface area contributed by atoms with E-state index in [4.69, 9.17) is 0 Å². The van der Waals surface area contributed by atoms with E-state index in [-0.39, 0.29) is 12.5 Å². The summed E-state index contributed by atoms with van der Waals surface area (Å²) in [6, 6.07) is 10.0. The maximum atomic E-state index is 12.0. The minimum Gasteiger partial charge on any atom is -0.481 e. The van der Waals surface area contributed by atoms with Gasteiger partial charge in [0.15, 0.2) is 0 Å². The molecule has 1 amide bonds. The second-order valence-electron chi connectivity index (χ2n) is 6.29. The van der Waals surface area contributed by atoms with Crippen molar-refractivity contribution in [1.82, 2.24) is 9.88 Å². The Morgan fingerprint density at radius 2 is 1.96 bits per heavy atom. The largest absolute Gasteiger partial charge is 0.481 e. The van der Waals surface area contributed by atoms with Gasteiger partial charge in [0.1, 0.15) is 0 Å². The van der Waals surface area contributed by atoms with E-state index in [0.717, 1.165) is 10.9 Å². The topological polar surface area (TPSA) is 71.3 Å². The molecule has 0 radical (unpaired) electrons. The third kappa shape index (κ3) is 4.84. The number of nitrogens with zero attached hydrogens (tertiary/aromatic N) is 1. The minimum atomic E-state index is -0.851. The van der Waals surface area contributed by atoms with Crippen LogP contribution in [0.2, 0.25) is 0 Å². The van der Waals surface area contributed by atoms with Crippen molar-refractivity contribution >= 4 is 22.8 Å². The number of hydrogen-bond acceptors (Lipinski definition) is 2. The number of hydrogen-bond donors (Lipinski definition) is 2. The summed E-state index contributed by atoms with van der Waals surface area (Å²) < 4.78 is 2.04. The lowest BCUT2D eigenvalue weighted by molar-refractivity contribution is -0.142. The Kier molecular flexibility index (Phi) is 5.79. The smallest absolute Gasteiger partial charge is 0.308 e. The van der Waals surface area contributed by atoms with Crippen LogP contribution in [0.4, 0.5) is 0 Å². The highest BCUT2D eigenvalue weighted by Crippen LogP contribution is 2.15. The lowest BCUT2D eigenvalue weighted by atomic mass is 9.97. The molecule has 5 nitrogen and oxygen atoms in total. The highest BCUT2D eigenvalue weighted by Gasteiger charge is 2.19. The molecule has 1 atom stereocenters. The molecule has 2 rings (SSSR count). The molecule has 1 aromatic carbocycles. The molecule has 0 aliphatic rings. The predicted octanol–water partition coefficient (Wildman–Crippen LogP) is 2.89. The van der Waals surface area contributed by atoms with Gasteiger partial charge >= 0.3 is 5.97 Å². The molecule has 1 unspecified atom stereocenters. The fourth-order valence-electron chi connectivity index (χ4n) is 2.72. The van der Waals surface area contributed by atoms with E-state index >= 15 is 0 Å². The fraction of sp³-hybridized carbons (Fsp3) is 0.444. The molecule has 124 valence electrons. The van der Waals surface area contributed by atoms with Gasteiger partial charge in [-0.2, -0.15) is 0 Å². The van der Waals surface area contributed by atoms with Crippen LogP contribution in [-0.2, 0) is 16.1 Å². The molecule has 0 aliphatic carbocycles. The number of aromatic nitrogens is 1. The molecule has 0 aliphatic heterocycles.